The third kappa shape index (κ3) is 5.15. The van der Waals surface area contributed by atoms with Crippen LogP contribution in [0.1, 0.15) is 46.5 Å². The van der Waals surface area contributed by atoms with Crippen molar-refractivity contribution in [3.8, 4) is 0 Å². The van der Waals surface area contributed by atoms with Crippen LogP contribution in [0.15, 0.2) is 30.3 Å². The summed E-state index contributed by atoms with van der Waals surface area (Å²) in [6.07, 6.45) is 2.98. The molecule has 6 heteroatoms. The number of nitrogens with one attached hydrogen (secondary N) is 1. The van der Waals surface area contributed by atoms with Gasteiger partial charge in [0.1, 0.15) is 11.6 Å². The highest BCUT2D eigenvalue weighted by Gasteiger charge is 2.37. The van der Waals surface area contributed by atoms with Gasteiger partial charge in [-0.05, 0) is 58.6 Å². The minimum atomic E-state index is -0.551. The van der Waals surface area contributed by atoms with Crippen LogP contribution >= 0.6 is 0 Å². The van der Waals surface area contributed by atoms with Crippen LogP contribution in [0, 0.1) is 0 Å². The van der Waals surface area contributed by atoms with E-state index >= 15 is 0 Å². The summed E-state index contributed by atoms with van der Waals surface area (Å²) in [5, 5.41) is 3.17. The van der Waals surface area contributed by atoms with Crippen LogP contribution in [0.2, 0.25) is 0 Å². The number of anilines is 1. The maximum atomic E-state index is 12.8. The van der Waals surface area contributed by atoms with Crippen LogP contribution in [0.4, 0.5) is 10.5 Å². The van der Waals surface area contributed by atoms with Gasteiger partial charge in [-0.3, -0.25) is 9.69 Å². The van der Waals surface area contributed by atoms with Crippen molar-refractivity contribution in [1.29, 1.82) is 0 Å². The van der Waals surface area contributed by atoms with E-state index in [1.807, 2.05) is 26.8 Å². The van der Waals surface area contributed by atoms with Crippen molar-refractivity contribution in [1.82, 2.24) is 10.2 Å². The molecule has 2 fully saturated rings. The topological polar surface area (TPSA) is 61.9 Å². The van der Waals surface area contributed by atoms with Gasteiger partial charge in [0.25, 0.3) is 0 Å². The normalized spacial score (nSPS) is 21.2. The smallest absolute Gasteiger partial charge is 0.410 e. The molecule has 148 valence electrons. The van der Waals surface area contributed by atoms with Gasteiger partial charge in [0.05, 0.1) is 0 Å². The van der Waals surface area contributed by atoms with Gasteiger partial charge < -0.3 is 15.0 Å². The van der Waals surface area contributed by atoms with Gasteiger partial charge in [0, 0.05) is 31.4 Å². The van der Waals surface area contributed by atoms with Crippen LogP contribution in [-0.2, 0) is 9.53 Å². The van der Waals surface area contributed by atoms with Crippen molar-refractivity contribution in [3.63, 3.8) is 0 Å². The third-order valence-electron chi connectivity index (χ3n) is 5.15. The average molecular weight is 373 g/mol. The number of nitrogens with zero attached hydrogens (tertiary/aromatic N) is 2. The lowest BCUT2D eigenvalue weighted by Crippen LogP contribution is -2.52. The number of carbonyl (C=O) groups is 2. The Morgan fingerprint density at radius 2 is 1.70 bits per heavy atom. The highest BCUT2D eigenvalue weighted by atomic mass is 16.6. The van der Waals surface area contributed by atoms with Crippen LogP contribution in [0.3, 0.4) is 0 Å². The Hall–Kier alpha value is -2.24. The van der Waals surface area contributed by atoms with Crippen molar-refractivity contribution < 1.29 is 14.3 Å². The summed E-state index contributed by atoms with van der Waals surface area (Å²) in [7, 11) is 0. The number of piperidine rings is 1. The molecule has 2 amide bonds. The quantitative estimate of drug-likeness (QED) is 0.884. The molecule has 2 aliphatic heterocycles. The fourth-order valence-electron chi connectivity index (χ4n) is 3.80. The summed E-state index contributed by atoms with van der Waals surface area (Å²) in [5.74, 6) is -0.0449. The SMILES string of the molecule is CC(C)(C)OC(=O)N1CCCC1C(=O)NC1CCN(c2ccccc2)CC1. The molecule has 1 aromatic carbocycles. The molecule has 0 spiro atoms. The van der Waals surface area contributed by atoms with Gasteiger partial charge in [-0.2, -0.15) is 0 Å². The van der Waals surface area contributed by atoms with Crippen LogP contribution < -0.4 is 10.2 Å². The predicted molar refractivity (Wildman–Crippen MR) is 106 cm³/mol. The maximum Gasteiger partial charge on any atom is 0.410 e. The molecule has 0 bridgehead atoms. The Kier molecular flexibility index (Phi) is 5.92. The van der Waals surface area contributed by atoms with Crippen LogP contribution in [0.5, 0.6) is 0 Å². The molecule has 1 atom stereocenters. The predicted octanol–water partition coefficient (Wildman–Crippen LogP) is 3.17. The molecule has 1 unspecified atom stereocenters. The van der Waals surface area contributed by atoms with Crippen LogP contribution in [-0.4, -0.2) is 54.2 Å². The monoisotopic (exact) mass is 373 g/mol. The molecular weight excluding hydrogens is 342 g/mol. The number of amides is 2. The Balaban J connectivity index is 1.51. The standard InChI is InChI=1S/C21H31N3O3/c1-21(2,3)27-20(26)24-13-7-10-18(24)19(25)22-16-11-14-23(15-12-16)17-8-5-4-6-9-17/h4-6,8-9,16,18H,7,10-15H2,1-3H3,(H,22,25). The molecule has 27 heavy (non-hydrogen) atoms. The lowest BCUT2D eigenvalue weighted by molar-refractivity contribution is -0.126. The minimum absolute atomic E-state index is 0.0449. The summed E-state index contributed by atoms with van der Waals surface area (Å²) >= 11 is 0. The van der Waals surface area contributed by atoms with Gasteiger partial charge in [-0.1, -0.05) is 18.2 Å². The van der Waals surface area contributed by atoms with Crippen molar-refractivity contribution in [2.75, 3.05) is 24.5 Å². The number of hydrogen-bond acceptors (Lipinski definition) is 4. The van der Waals surface area contributed by atoms with Crippen molar-refractivity contribution in [2.45, 2.75) is 64.1 Å². The summed E-state index contributed by atoms with van der Waals surface area (Å²) in [6.45, 7) is 7.97. The molecule has 0 aliphatic carbocycles. The largest absolute Gasteiger partial charge is 0.444 e. The first-order chi connectivity index (χ1) is 12.8. The summed E-state index contributed by atoms with van der Waals surface area (Å²) in [5.41, 5.74) is 0.680. The molecule has 1 N–H and O–H groups in total. The minimum Gasteiger partial charge on any atom is -0.444 e. The molecule has 3 rings (SSSR count). The number of hydrogen-bond donors (Lipinski definition) is 1. The lowest BCUT2D eigenvalue weighted by atomic mass is 10.0. The zero-order chi connectivity index (χ0) is 19.4. The average Bonchev–Trinajstić information content (AvgIpc) is 3.12. The fraction of sp³-hybridized carbons (Fsp3) is 0.619. The van der Waals surface area contributed by atoms with Gasteiger partial charge in [-0.25, -0.2) is 4.79 Å². The Bertz CT molecular complexity index is 648. The molecule has 2 heterocycles. The maximum absolute atomic E-state index is 12.8. The van der Waals surface area contributed by atoms with E-state index in [1.54, 1.807) is 4.90 Å². The molecule has 2 saturated heterocycles. The molecule has 1 aromatic rings. The van der Waals surface area contributed by atoms with Crippen molar-refractivity contribution in [2.24, 2.45) is 0 Å². The first-order valence-electron chi connectivity index (χ1n) is 9.93. The number of rotatable bonds is 3. The first kappa shape index (κ1) is 19.5. The highest BCUT2D eigenvalue weighted by Crippen LogP contribution is 2.23. The first-order valence-corrected chi connectivity index (χ1v) is 9.93. The van der Waals surface area contributed by atoms with Gasteiger partial charge in [-0.15, -0.1) is 0 Å². The molecule has 2 aliphatic rings. The van der Waals surface area contributed by atoms with E-state index in [0.717, 1.165) is 32.4 Å². The van der Waals surface area contributed by atoms with Crippen molar-refractivity contribution >= 4 is 17.7 Å². The highest BCUT2D eigenvalue weighted by molar-refractivity contribution is 5.86. The van der Waals surface area contributed by atoms with E-state index in [9.17, 15) is 9.59 Å². The van der Waals surface area contributed by atoms with E-state index in [2.05, 4.69) is 34.5 Å². The summed E-state index contributed by atoms with van der Waals surface area (Å²) < 4.78 is 5.46. The van der Waals surface area contributed by atoms with E-state index in [-0.39, 0.29) is 18.0 Å². The molecule has 0 aromatic heterocycles. The molecule has 6 nitrogen and oxygen atoms in total. The van der Waals surface area contributed by atoms with Crippen molar-refractivity contribution in [3.05, 3.63) is 30.3 Å². The second kappa shape index (κ2) is 8.19. The zero-order valence-corrected chi connectivity index (χ0v) is 16.6. The number of para-hydroxylation sites is 1. The molecule has 0 radical (unpaired) electrons. The lowest BCUT2D eigenvalue weighted by Gasteiger charge is -2.35. The van der Waals surface area contributed by atoms with Gasteiger partial charge in [0.15, 0.2) is 0 Å². The van der Waals surface area contributed by atoms with E-state index in [0.29, 0.717) is 13.0 Å². The van der Waals surface area contributed by atoms with E-state index in [1.165, 1.54) is 5.69 Å². The van der Waals surface area contributed by atoms with Crippen LogP contribution in [0.25, 0.3) is 0 Å². The number of benzene rings is 1. The third-order valence-corrected chi connectivity index (χ3v) is 5.15. The zero-order valence-electron chi connectivity index (χ0n) is 16.6. The summed E-state index contributed by atoms with van der Waals surface area (Å²) in [6, 6.07) is 10.1. The molecular formula is C21H31N3O3. The van der Waals surface area contributed by atoms with Gasteiger partial charge >= 0.3 is 6.09 Å². The van der Waals surface area contributed by atoms with E-state index < -0.39 is 11.6 Å². The Morgan fingerprint density at radius 3 is 2.33 bits per heavy atom. The summed E-state index contributed by atoms with van der Waals surface area (Å²) in [4.78, 5) is 29.1. The molecule has 0 saturated carbocycles. The number of ether oxygens (including phenoxy) is 1. The fourth-order valence-corrected chi connectivity index (χ4v) is 3.80. The van der Waals surface area contributed by atoms with Gasteiger partial charge in [0.2, 0.25) is 5.91 Å². The second-order valence-corrected chi connectivity index (χ2v) is 8.44. The van der Waals surface area contributed by atoms with E-state index in [4.69, 9.17) is 4.74 Å². The second-order valence-electron chi connectivity index (χ2n) is 8.44. The number of likely N-dealkylation sites (tertiary alicyclic amines) is 1. The number of carbonyl (C=O) groups excluding carboxylic acids is 2. The Labute approximate surface area is 161 Å². The Morgan fingerprint density at radius 1 is 1.04 bits per heavy atom.